The first-order valence-corrected chi connectivity index (χ1v) is 11.1. The third kappa shape index (κ3) is 4.52. The van der Waals surface area contributed by atoms with Gasteiger partial charge >= 0.3 is 5.97 Å². The van der Waals surface area contributed by atoms with Crippen LogP contribution in [0.4, 0.5) is 5.69 Å². The summed E-state index contributed by atoms with van der Waals surface area (Å²) >= 11 is 4.43. The molecule has 3 aromatic carbocycles. The lowest BCUT2D eigenvalue weighted by molar-refractivity contribution is -0.137. The number of hydrogen-bond donors (Lipinski definition) is 2. The Hall–Kier alpha value is -3.05. The number of aliphatic carboxylic acids is 1. The van der Waals surface area contributed by atoms with Crippen molar-refractivity contribution < 1.29 is 14.7 Å². The van der Waals surface area contributed by atoms with E-state index < -0.39 is 5.97 Å². The van der Waals surface area contributed by atoms with Crippen LogP contribution in [0.5, 0.6) is 0 Å². The fourth-order valence-corrected chi connectivity index (χ4v) is 4.65. The summed E-state index contributed by atoms with van der Waals surface area (Å²) < 4.78 is 0. The lowest BCUT2D eigenvalue weighted by atomic mass is 9.98. The van der Waals surface area contributed by atoms with Gasteiger partial charge in [-0.3, -0.25) is 9.59 Å². The van der Waals surface area contributed by atoms with Crippen LogP contribution in [0, 0.1) is 5.92 Å². The number of thiol groups is 1. The van der Waals surface area contributed by atoms with Gasteiger partial charge in [-0.25, -0.2) is 0 Å². The number of anilines is 1. The standard InChI is InChI=1S/C26H25NO3S/c28-25(29)16-27(26(30)20(17-31)14-13-18-7-2-1-3-8-18)24-12-6-11-22-21-10-5-4-9-19(21)15-23(22)24/h1-12,20,31H,13-17H2,(H,28,29). The van der Waals surface area contributed by atoms with Crippen molar-refractivity contribution in [1.82, 2.24) is 0 Å². The molecule has 1 aliphatic rings. The molecular formula is C26H25NO3S. The number of carboxylic acids is 1. The minimum Gasteiger partial charge on any atom is -0.480 e. The van der Waals surface area contributed by atoms with Crippen molar-refractivity contribution in [3.63, 3.8) is 0 Å². The minimum atomic E-state index is -1.03. The Balaban J connectivity index is 1.63. The average Bonchev–Trinajstić information content (AvgIpc) is 3.17. The van der Waals surface area contributed by atoms with Crippen LogP contribution in [0.2, 0.25) is 0 Å². The number of rotatable bonds is 8. The Labute approximate surface area is 187 Å². The van der Waals surface area contributed by atoms with Crippen LogP contribution < -0.4 is 4.90 Å². The molecule has 0 bridgehead atoms. The topological polar surface area (TPSA) is 57.6 Å². The largest absolute Gasteiger partial charge is 0.480 e. The predicted molar refractivity (Wildman–Crippen MR) is 127 cm³/mol. The van der Waals surface area contributed by atoms with Crippen molar-refractivity contribution in [2.45, 2.75) is 19.3 Å². The summed E-state index contributed by atoms with van der Waals surface area (Å²) in [7, 11) is 0. The Morgan fingerprint density at radius 1 is 0.935 bits per heavy atom. The summed E-state index contributed by atoms with van der Waals surface area (Å²) in [5, 5.41) is 9.57. The van der Waals surface area contributed by atoms with E-state index in [-0.39, 0.29) is 18.4 Å². The van der Waals surface area contributed by atoms with Crippen LogP contribution in [-0.2, 0) is 22.4 Å². The number of nitrogens with zero attached hydrogens (tertiary/aromatic N) is 1. The monoisotopic (exact) mass is 431 g/mol. The number of amides is 1. The summed E-state index contributed by atoms with van der Waals surface area (Å²) in [6, 6.07) is 24.0. The first-order chi connectivity index (χ1) is 15.1. The maximum Gasteiger partial charge on any atom is 0.323 e. The molecule has 0 aliphatic heterocycles. The molecule has 3 aromatic rings. The number of fused-ring (bicyclic) bond motifs is 3. The number of carbonyl (C=O) groups excluding carboxylic acids is 1. The Morgan fingerprint density at radius 2 is 1.65 bits per heavy atom. The number of carbonyl (C=O) groups is 2. The van der Waals surface area contributed by atoms with Gasteiger partial charge in [0.25, 0.3) is 0 Å². The molecule has 0 saturated carbocycles. The molecule has 1 unspecified atom stereocenters. The van der Waals surface area contributed by atoms with E-state index in [1.54, 1.807) is 0 Å². The van der Waals surface area contributed by atoms with Gasteiger partial charge in [-0.1, -0.05) is 66.7 Å². The number of carboxylic acid groups (broad SMARTS) is 1. The highest BCUT2D eigenvalue weighted by molar-refractivity contribution is 7.80. The maximum absolute atomic E-state index is 13.5. The fraction of sp³-hybridized carbons (Fsp3) is 0.231. The average molecular weight is 432 g/mol. The maximum atomic E-state index is 13.5. The highest BCUT2D eigenvalue weighted by atomic mass is 32.1. The quantitative estimate of drug-likeness (QED) is 0.392. The molecule has 0 fully saturated rings. The number of benzene rings is 3. The van der Waals surface area contributed by atoms with Crippen LogP contribution >= 0.6 is 12.6 Å². The highest BCUT2D eigenvalue weighted by Crippen LogP contribution is 2.41. The van der Waals surface area contributed by atoms with Gasteiger partial charge in [0.2, 0.25) is 5.91 Å². The van der Waals surface area contributed by atoms with E-state index in [1.807, 2.05) is 60.7 Å². The molecule has 4 nitrogen and oxygen atoms in total. The molecule has 0 radical (unpaired) electrons. The molecular weight excluding hydrogens is 406 g/mol. The van der Waals surface area contributed by atoms with Gasteiger partial charge in [0.1, 0.15) is 6.54 Å². The van der Waals surface area contributed by atoms with Crippen molar-refractivity contribution in [3.05, 3.63) is 89.5 Å². The number of aryl methyl sites for hydroxylation is 1. The van der Waals surface area contributed by atoms with Crippen LogP contribution in [0.1, 0.15) is 23.1 Å². The summed E-state index contributed by atoms with van der Waals surface area (Å²) in [5.74, 6) is -1.19. The van der Waals surface area contributed by atoms with Gasteiger partial charge in [0, 0.05) is 23.8 Å². The molecule has 0 saturated heterocycles. The highest BCUT2D eigenvalue weighted by Gasteiger charge is 2.30. The van der Waals surface area contributed by atoms with E-state index in [9.17, 15) is 14.7 Å². The third-order valence-corrected chi connectivity index (χ3v) is 6.31. The van der Waals surface area contributed by atoms with Crippen LogP contribution in [0.25, 0.3) is 11.1 Å². The third-order valence-electron chi connectivity index (χ3n) is 5.87. The molecule has 0 aromatic heterocycles. The Morgan fingerprint density at radius 3 is 2.39 bits per heavy atom. The van der Waals surface area contributed by atoms with Gasteiger partial charge in [-0.2, -0.15) is 12.6 Å². The molecule has 1 N–H and O–H groups in total. The van der Waals surface area contributed by atoms with E-state index in [0.29, 0.717) is 24.3 Å². The molecule has 1 amide bonds. The van der Waals surface area contributed by atoms with E-state index >= 15 is 0 Å². The first kappa shape index (κ1) is 21.2. The second-order valence-electron chi connectivity index (χ2n) is 7.86. The fourth-order valence-electron chi connectivity index (χ4n) is 4.31. The summed E-state index contributed by atoms with van der Waals surface area (Å²) in [6.45, 7) is -0.360. The molecule has 158 valence electrons. The lowest BCUT2D eigenvalue weighted by Crippen LogP contribution is -2.41. The summed E-state index contributed by atoms with van der Waals surface area (Å²) in [5.41, 5.74) is 6.28. The van der Waals surface area contributed by atoms with E-state index in [1.165, 1.54) is 10.5 Å². The zero-order chi connectivity index (χ0) is 21.8. The second-order valence-corrected chi connectivity index (χ2v) is 8.22. The second kappa shape index (κ2) is 9.40. The molecule has 31 heavy (non-hydrogen) atoms. The van der Waals surface area contributed by atoms with Gasteiger partial charge in [-0.05, 0) is 46.7 Å². The normalized spacial score (nSPS) is 12.7. The van der Waals surface area contributed by atoms with Gasteiger partial charge < -0.3 is 10.0 Å². The van der Waals surface area contributed by atoms with E-state index in [4.69, 9.17) is 0 Å². The van der Waals surface area contributed by atoms with Gasteiger partial charge in [-0.15, -0.1) is 0 Å². The molecule has 0 spiro atoms. The lowest BCUT2D eigenvalue weighted by Gasteiger charge is -2.27. The summed E-state index contributed by atoms with van der Waals surface area (Å²) in [4.78, 5) is 26.6. The smallest absolute Gasteiger partial charge is 0.323 e. The first-order valence-electron chi connectivity index (χ1n) is 10.5. The van der Waals surface area contributed by atoms with Gasteiger partial charge in [0.15, 0.2) is 0 Å². The number of hydrogen-bond acceptors (Lipinski definition) is 3. The van der Waals surface area contributed by atoms with Crippen molar-refractivity contribution in [2.24, 2.45) is 5.92 Å². The Kier molecular flexibility index (Phi) is 6.42. The molecule has 0 heterocycles. The van der Waals surface area contributed by atoms with Crippen LogP contribution in [0.3, 0.4) is 0 Å². The van der Waals surface area contributed by atoms with Crippen LogP contribution in [-0.4, -0.2) is 29.3 Å². The van der Waals surface area contributed by atoms with Crippen molar-refractivity contribution in [2.75, 3.05) is 17.2 Å². The van der Waals surface area contributed by atoms with Crippen LogP contribution in [0.15, 0.2) is 72.8 Å². The zero-order valence-electron chi connectivity index (χ0n) is 17.2. The van der Waals surface area contributed by atoms with Crippen molar-refractivity contribution in [3.8, 4) is 11.1 Å². The Bertz CT molecular complexity index is 1100. The zero-order valence-corrected chi connectivity index (χ0v) is 18.1. The minimum absolute atomic E-state index is 0.183. The molecule has 1 atom stereocenters. The molecule has 1 aliphatic carbocycles. The van der Waals surface area contributed by atoms with Crippen molar-refractivity contribution in [1.29, 1.82) is 0 Å². The molecule has 4 rings (SSSR count). The summed E-state index contributed by atoms with van der Waals surface area (Å²) in [6.07, 6.45) is 2.06. The van der Waals surface area contributed by atoms with Gasteiger partial charge in [0.05, 0.1) is 0 Å². The molecule has 5 heteroatoms. The predicted octanol–water partition coefficient (Wildman–Crippen LogP) is 4.85. The van der Waals surface area contributed by atoms with Crippen molar-refractivity contribution >= 4 is 30.2 Å². The SMILES string of the molecule is O=C(O)CN(C(=O)C(CS)CCc1ccccc1)c1cccc2c1Cc1ccccc1-2. The van der Waals surface area contributed by atoms with E-state index in [0.717, 1.165) is 28.7 Å². The van der Waals surface area contributed by atoms with E-state index in [2.05, 4.69) is 24.8 Å².